The third kappa shape index (κ3) is 3.48. The van der Waals surface area contributed by atoms with E-state index in [0.717, 1.165) is 0 Å². The van der Waals surface area contributed by atoms with Gasteiger partial charge in [-0.2, -0.15) is 0 Å². The molecule has 0 heterocycles. The Morgan fingerprint density at radius 2 is 2.07 bits per heavy atom. The first-order valence-corrected chi connectivity index (χ1v) is 4.99. The van der Waals surface area contributed by atoms with Gasteiger partial charge in [0.1, 0.15) is 0 Å². The van der Waals surface area contributed by atoms with E-state index >= 15 is 0 Å². The van der Waals surface area contributed by atoms with Gasteiger partial charge in [-0.3, -0.25) is 0 Å². The zero-order valence-electron chi connectivity index (χ0n) is 8.92. The first-order chi connectivity index (χ1) is 6.74. The molecule has 1 rings (SSSR count). The maximum Gasteiger partial charge on any atom is 0.0719 e. The summed E-state index contributed by atoms with van der Waals surface area (Å²) in [4.78, 5) is 0. The molecule has 0 aromatic heterocycles. The summed E-state index contributed by atoms with van der Waals surface area (Å²) in [5.74, 6) is 0. The van der Waals surface area contributed by atoms with Crippen molar-refractivity contribution in [3.8, 4) is 0 Å². The number of aryl methyl sites for hydroxylation is 2. The second-order valence-electron chi connectivity index (χ2n) is 3.56. The number of aliphatic hydroxyl groups excluding tert-OH is 1. The third-order valence-electron chi connectivity index (χ3n) is 2.21. The van der Waals surface area contributed by atoms with E-state index in [4.69, 9.17) is 9.84 Å². The van der Waals surface area contributed by atoms with Crippen LogP contribution in [0.4, 0.5) is 0 Å². The van der Waals surface area contributed by atoms with Crippen LogP contribution in [0.3, 0.4) is 0 Å². The molecule has 0 unspecified atom stereocenters. The Balaban J connectivity index is 2.45. The Labute approximate surface area is 85.5 Å². The van der Waals surface area contributed by atoms with Crippen molar-refractivity contribution in [2.75, 3.05) is 13.2 Å². The molecular weight excluding hydrogens is 176 g/mol. The van der Waals surface area contributed by atoms with Crippen LogP contribution < -0.4 is 0 Å². The van der Waals surface area contributed by atoms with Crippen LogP contribution in [0.1, 0.15) is 23.1 Å². The van der Waals surface area contributed by atoms with Gasteiger partial charge in [-0.05, 0) is 31.4 Å². The molecule has 0 aliphatic carbocycles. The average molecular weight is 194 g/mol. The molecule has 0 spiro atoms. The zero-order valence-corrected chi connectivity index (χ0v) is 8.92. The molecule has 2 nitrogen and oxygen atoms in total. The molecule has 14 heavy (non-hydrogen) atoms. The van der Waals surface area contributed by atoms with Crippen LogP contribution in [0.2, 0.25) is 0 Å². The van der Waals surface area contributed by atoms with Crippen molar-refractivity contribution in [2.45, 2.75) is 26.9 Å². The second-order valence-corrected chi connectivity index (χ2v) is 3.56. The van der Waals surface area contributed by atoms with Gasteiger partial charge in [0.2, 0.25) is 0 Å². The molecule has 0 aliphatic heterocycles. The molecule has 0 saturated carbocycles. The highest BCUT2D eigenvalue weighted by atomic mass is 16.5. The summed E-state index contributed by atoms with van der Waals surface area (Å²) >= 11 is 0. The third-order valence-corrected chi connectivity index (χ3v) is 2.21. The number of hydrogen-bond donors (Lipinski definition) is 1. The summed E-state index contributed by atoms with van der Waals surface area (Å²) in [7, 11) is 0. The maximum absolute atomic E-state index is 8.58. The lowest BCUT2D eigenvalue weighted by molar-refractivity contribution is 0.104. The predicted octanol–water partition coefficient (Wildman–Crippen LogP) is 2.20. The SMILES string of the molecule is Cc1ccc(C)c(COCCCO)c1. The van der Waals surface area contributed by atoms with E-state index in [2.05, 4.69) is 32.0 Å². The molecule has 0 amide bonds. The van der Waals surface area contributed by atoms with Crippen molar-refractivity contribution < 1.29 is 9.84 Å². The lowest BCUT2D eigenvalue weighted by Crippen LogP contribution is -1.99. The predicted molar refractivity (Wildman–Crippen MR) is 57.3 cm³/mol. The fourth-order valence-electron chi connectivity index (χ4n) is 1.30. The quantitative estimate of drug-likeness (QED) is 0.728. The minimum Gasteiger partial charge on any atom is -0.396 e. The number of aliphatic hydroxyl groups is 1. The lowest BCUT2D eigenvalue weighted by Gasteiger charge is -2.07. The van der Waals surface area contributed by atoms with E-state index in [1.807, 2.05) is 0 Å². The van der Waals surface area contributed by atoms with Gasteiger partial charge in [0.25, 0.3) is 0 Å². The van der Waals surface area contributed by atoms with E-state index in [0.29, 0.717) is 19.6 Å². The van der Waals surface area contributed by atoms with Gasteiger partial charge in [0, 0.05) is 13.2 Å². The molecule has 1 N–H and O–H groups in total. The Morgan fingerprint density at radius 1 is 1.29 bits per heavy atom. The molecule has 1 aromatic carbocycles. The van der Waals surface area contributed by atoms with Crippen molar-refractivity contribution in [3.05, 3.63) is 34.9 Å². The van der Waals surface area contributed by atoms with Gasteiger partial charge in [-0.15, -0.1) is 0 Å². The number of hydrogen-bond acceptors (Lipinski definition) is 2. The average Bonchev–Trinajstić information content (AvgIpc) is 2.18. The summed E-state index contributed by atoms with van der Waals surface area (Å²) in [5.41, 5.74) is 3.76. The van der Waals surface area contributed by atoms with Crippen LogP contribution in [0.25, 0.3) is 0 Å². The highest BCUT2D eigenvalue weighted by molar-refractivity contribution is 5.29. The molecular formula is C12H18O2. The van der Waals surface area contributed by atoms with Gasteiger partial charge < -0.3 is 9.84 Å². The first kappa shape index (κ1) is 11.2. The second kappa shape index (κ2) is 5.78. The topological polar surface area (TPSA) is 29.5 Å². The number of rotatable bonds is 5. The molecule has 1 aromatic rings. The lowest BCUT2D eigenvalue weighted by atomic mass is 10.1. The van der Waals surface area contributed by atoms with Crippen molar-refractivity contribution in [3.63, 3.8) is 0 Å². The van der Waals surface area contributed by atoms with Crippen LogP contribution >= 0.6 is 0 Å². The molecule has 0 saturated heterocycles. The molecule has 2 heteroatoms. The highest BCUT2D eigenvalue weighted by Crippen LogP contribution is 2.11. The van der Waals surface area contributed by atoms with Gasteiger partial charge in [-0.25, -0.2) is 0 Å². The van der Waals surface area contributed by atoms with Gasteiger partial charge in [0.15, 0.2) is 0 Å². The number of ether oxygens (including phenoxy) is 1. The minimum absolute atomic E-state index is 0.201. The molecule has 0 radical (unpaired) electrons. The van der Waals surface area contributed by atoms with Gasteiger partial charge in [-0.1, -0.05) is 23.8 Å². The molecule has 78 valence electrons. The van der Waals surface area contributed by atoms with Crippen LogP contribution in [-0.2, 0) is 11.3 Å². The van der Waals surface area contributed by atoms with Crippen molar-refractivity contribution in [1.82, 2.24) is 0 Å². The summed E-state index contributed by atoms with van der Waals surface area (Å²) in [6.07, 6.45) is 0.713. The fraction of sp³-hybridized carbons (Fsp3) is 0.500. The van der Waals surface area contributed by atoms with E-state index in [-0.39, 0.29) is 6.61 Å². The highest BCUT2D eigenvalue weighted by Gasteiger charge is 1.98. The summed E-state index contributed by atoms with van der Waals surface area (Å²) in [5, 5.41) is 8.58. The van der Waals surface area contributed by atoms with Gasteiger partial charge >= 0.3 is 0 Å². The number of benzene rings is 1. The summed E-state index contributed by atoms with van der Waals surface area (Å²) in [6.45, 7) is 5.64. The molecule has 0 atom stereocenters. The van der Waals surface area contributed by atoms with Gasteiger partial charge in [0.05, 0.1) is 6.61 Å². The van der Waals surface area contributed by atoms with Crippen LogP contribution in [0, 0.1) is 13.8 Å². The Bertz CT molecular complexity index is 282. The zero-order chi connectivity index (χ0) is 10.4. The van der Waals surface area contributed by atoms with Crippen LogP contribution in [-0.4, -0.2) is 18.3 Å². The monoisotopic (exact) mass is 194 g/mol. The van der Waals surface area contributed by atoms with E-state index in [9.17, 15) is 0 Å². The summed E-state index contributed by atoms with van der Waals surface area (Å²) < 4.78 is 5.44. The van der Waals surface area contributed by atoms with Crippen LogP contribution in [0.15, 0.2) is 18.2 Å². The van der Waals surface area contributed by atoms with Crippen molar-refractivity contribution in [2.24, 2.45) is 0 Å². The Morgan fingerprint density at radius 3 is 2.79 bits per heavy atom. The Hall–Kier alpha value is -0.860. The van der Waals surface area contributed by atoms with E-state index < -0.39 is 0 Å². The molecule has 0 bridgehead atoms. The smallest absolute Gasteiger partial charge is 0.0719 e. The normalized spacial score (nSPS) is 10.5. The van der Waals surface area contributed by atoms with Crippen molar-refractivity contribution in [1.29, 1.82) is 0 Å². The largest absolute Gasteiger partial charge is 0.396 e. The first-order valence-electron chi connectivity index (χ1n) is 4.99. The molecule has 0 aliphatic rings. The standard InChI is InChI=1S/C12H18O2/c1-10-4-5-11(2)12(8-10)9-14-7-3-6-13/h4-5,8,13H,3,6-7,9H2,1-2H3. The van der Waals surface area contributed by atoms with Crippen LogP contribution in [0.5, 0.6) is 0 Å². The Kier molecular flexibility index (Phi) is 4.63. The molecule has 0 fully saturated rings. The van der Waals surface area contributed by atoms with E-state index in [1.165, 1.54) is 16.7 Å². The van der Waals surface area contributed by atoms with Crippen molar-refractivity contribution >= 4 is 0 Å². The fourth-order valence-corrected chi connectivity index (χ4v) is 1.30. The van der Waals surface area contributed by atoms with E-state index in [1.54, 1.807) is 0 Å². The maximum atomic E-state index is 8.58. The summed E-state index contributed by atoms with van der Waals surface area (Å²) in [6, 6.07) is 6.36. The minimum atomic E-state index is 0.201.